The fourth-order valence-electron chi connectivity index (χ4n) is 4.20. The molecule has 3 N–H and O–H groups in total. The van der Waals surface area contributed by atoms with Gasteiger partial charge in [-0.05, 0) is 25.1 Å². The molecule has 1 aliphatic heterocycles. The van der Waals surface area contributed by atoms with Crippen molar-refractivity contribution < 1.29 is 16.4 Å². The fourth-order valence-corrected chi connectivity index (χ4v) is 4.20. The van der Waals surface area contributed by atoms with E-state index in [1.165, 1.54) is 15.6 Å². The number of likely N-dealkylation sites (tertiary alicyclic amines) is 1. The number of aryl methyl sites for hydroxylation is 1. The van der Waals surface area contributed by atoms with Crippen molar-refractivity contribution in [3.05, 3.63) is 30.4 Å². The van der Waals surface area contributed by atoms with Crippen molar-refractivity contribution in [2.24, 2.45) is 24.1 Å². The smallest absolute Gasteiger partial charge is 0.252 e. The largest absolute Gasteiger partial charge is 0.376 e. The molecular formula is C22H25N9O2. The average Bonchev–Trinajstić information content (AvgIpc) is 3.15. The molecule has 3 aromatic rings. The van der Waals surface area contributed by atoms with Crippen LogP contribution >= 0.6 is 0 Å². The van der Waals surface area contributed by atoms with Gasteiger partial charge in [-0.2, -0.15) is 15.5 Å². The number of primary amides is 1. The molecule has 5 rings (SSSR count). The van der Waals surface area contributed by atoms with Crippen molar-refractivity contribution in [1.82, 2.24) is 29.3 Å². The highest BCUT2D eigenvalue weighted by molar-refractivity contribution is 6.01. The van der Waals surface area contributed by atoms with Gasteiger partial charge in [0.25, 0.3) is 5.91 Å². The summed E-state index contributed by atoms with van der Waals surface area (Å²) in [7, 11) is 1.75. The Hall–Kier alpha value is -3.94. The van der Waals surface area contributed by atoms with Crippen LogP contribution in [-0.4, -0.2) is 60.2 Å². The van der Waals surface area contributed by atoms with Crippen molar-refractivity contribution in [2.45, 2.75) is 32.1 Å². The number of nitrogens with one attached hydrogen (secondary N) is 1. The van der Waals surface area contributed by atoms with E-state index in [4.69, 9.17) is 12.6 Å². The molecule has 11 nitrogen and oxygen atoms in total. The molecule has 170 valence electrons. The lowest BCUT2D eigenvalue weighted by atomic mass is 10.0. The maximum absolute atomic E-state index is 13.1. The van der Waals surface area contributed by atoms with E-state index in [9.17, 15) is 14.9 Å². The molecule has 1 saturated carbocycles. The van der Waals surface area contributed by atoms with Gasteiger partial charge in [-0.15, -0.1) is 0 Å². The van der Waals surface area contributed by atoms with Crippen LogP contribution in [0.1, 0.15) is 43.3 Å². The zero-order valence-electron chi connectivity index (χ0n) is 22.8. The normalized spacial score (nSPS) is 24.2. The van der Waals surface area contributed by atoms with Crippen LogP contribution in [0.3, 0.4) is 0 Å². The van der Waals surface area contributed by atoms with E-state index in [0.29, 0.717) is 24.1 Å². The van der Waals surface area contributed by atoms with Gasteiger partial charge < -0.3 is 16.0 Å². The average molecular weight is 453 g/mol. The Balaban J connectivity index is 1.57. The lowest BCUT2D eigenvalue weighted by Gasteiger charge is -2.21. The van der Waals surface area contributed by atoms with Gasteiger partial charge in [-0.3, -0.25) is 14.3 Å². The summed E-state index contributed by atoms with van der Waals surface area (Å²) in [5.74, 6) is -2.48. The summed E-state index contributed by atoms with van der Waals surface area (Å²) in [4.78, 5) is 31.4. The maximum Gasteiger partial charge on any atom is 0.252 e. The van der Waals surface area contributed by atoms with Crippen molar-refractivity contribution in [1.29, 1.82) is 5.26 Å². The minimum Gasteiger partial charge on any atom is -0.376 e. The lowest BCUT2D eigenvalue weighted by molar-refractivity contribution is -0.134. The van der Waals surface area contributed by atoms with Crippen LogP contribution in [0.2, 0.25) is 0 Å². The Morgan fingerprint density at radius 1 is 1.36 bits per heavy atom. The summed E-state index contributed by atoms with van der Waals surface area (Å²) < 4.78 is 43.4. The Bertz CT molecular complexity index is 1480. The summed E-state index contributed by atoms with van der Waals surface area (Å²) in [6, 6.07) is 1.10. The Morgan fingerprint density at radius 3 is 2.82 bits per heavy atom. The zero-order valence-corrected chi connectivity index (χ0v) is 17.8. The number of hydrogen-bond acceptors (Lipinski definition) is 7. The van der Waals surface area contributed by atoms with Gasteiger partial charge in [0, 0.05) is 44.8 Å². The highest BCUT2D eigenvalue weighted by atomic mass is 16.2. The predicted molar refractivity (Wildman–Crippen MR) is 119 cm³/mol. The molecule has 2 amide bonds. The second-order valence-corrected chi connectivity index (χ2v) is 8.50. The zero-order chi connectivity index (χ0) is 27.6. The molecule has 3 aromatic heterocycles. The van der Waals surface area contributed by atoms with E-state index in [2.05, 4.69) is 20.5 Å². The van der Waals surface area contributed by atoms with Crippen LogP contribution in [0, 0.1) is 22.7 Å². The quantitative estimate of drug-likeness (QED) is 0.571. The fraction of sp³-hybridized carbons (Fsp3) is 0.455. The molecule has 2 atom stereocenters. The van der Waals surface area contributed by atoms with Gasteiger partial charge in [-0.25, -0.2) is 9.50 Å². The van der Waals surface area contributed by atoms with Gasteiger partial charge >= 0.3 is 0 Å². The topological polar surface area (TPSA) is 147 Å². The first kappa shape index (κ1) is 15.8. The van der Waals surface area contributed by atoms with Gasteiger partial charge in [0.1, 0.15) is 5.41 Å². The summed E-state index contributed by atoms with van der Waals surface area (Å²) in [6.07, 6.45) is 4.31. The number of carbonyl (C=O) groups excluding carboxylic acids is 2. The highest BCUT2D eigenvalue weighted by Crippen LogP contribution is 2.47. The number of aromatic nitrogens is 5. The van der Waals surface area contributed by atoms with E-state index in [1.807, 2.05) is 6.07 Å². The third-order valence-electron chi connectivity index (χ3n) is 6.25. The van der Waals surface area contributed by atoms with Crippen LogP contribution in [0.25, 0.3) is 16.9 Å². The molecule has 4 heterocycles. The number of hydrogen-bond donors (Lipinski definition) is 2. The minimum absolute atomic E-state index is 0.0329. The summed E-state index contributed by atoms with van der Waals surface area (Å²) >= 11 is 0. The van der Waals surface area contributed by atoms with Gasteiger partial charge in [0.2, 0.25) is 5.91 Å². The standard InChI is InChI=1S/C22H25N9O2/c1-3-13-9-30(21(33)22(12-23)4-5-22)10-16(13)27-18-15(19(24)32)7-26-31-11-17(28-20(18)31)14-6-25-29(2)8-14/h6-8,11,13,16,27H,3-5,9-10H2,1-2H3,(H2,24,32)/t13?,16-/m1/s1/i1D3,3D2. The molecule has 0 aromatic carbocycles. The molecular weight excluding hydrogens is 422 g/mol. The van der Waals surface area contributed by atoms with Gasteiger partial charge in [-0.1, -0.05) is 6.85 Å². The first-order valence-corrected chi connectivity index (χ1v) is 10.4. The Kier molecular flexibility index (Phi) is 3.63. The molecule has 1 unspecified atom stereocenters. The lowest BCUT2D eigenvalue weighted by Crippen LogP contribution is -2.36. The van der Waals surface area contributed by atoms with E-state index < -0.39 is 42.4 Å². The summed E-state index contributed by atoms with van der Waals surface area (Å²) in [5.41, 5.74) is 5.95. The summed E-state index contributed by atoms with van der Waals surface area (Å²) in [5, 5.41) is 20.9. The first-order valence-electron chi connectivity index (χ1n) is 12.9. The minimum atomic E-state index is -3.00. The number of nitriles is 1. The third kappa shape index (κ3) is 3.47. The Morgan fingerprint density at radius 2 is 2.18 bits per heavy atom. The molecule has 2 fully saturated rings. The van der Waals surface area contributed by atoms with Crippen LogP contribution in [-0.2, 0) is 11.8 Å². The Labute approximate surface area is 197 Å². The van der Waals surface area contributed by atoms with Crippen molar-refractivity contribution in [2.75, 3.05) is 18.4 Å². The summed E-state index contributed by atoms with van der Waals surface area (Å²) in [6.45, 7) is -3.29. The molecule has 0 bridgehead atoms. The third-order valence-corrected chi connectivity index (χ3v) is 6.25. The highest BCUT2D eigenvalue weighted by Gasteiger charge is 2.54. The van der Waals surface area contributed by atoms with Crippen LogP contribution in [0.5, 0.6) is 0 Å². The predicted octanol–water partition coefficient (Wildman–Crippen LogP) is 1.18. The van der Waals surface area contributed by atoms with Crippen LogP contribution < -0.4 is 11.1 Å². The first-order chi connectivity index (χ1) is 17.8. The number of fused-ring (bicyclic) bond motifs is 1. The van der Waals surface area contributed by atoms with Crippen LogP contribution in [0.4, 0.5) is 5.69 Å². The number of amides is 2. The molecule has 0 radical (unpaired) electrons. The second kappa shape index (κ2) is 7.58. The van der Waals surface area contributed by atoms with E-state index in [1.54, 1.807) is 30.3 Å². The van der Waals surface area contributed by atoms with E-state index in [-0.39, 0.29) is 30.0 Å². The molecule has 1 saturated heterocycles. The number of nitrogens with two attached hydrogens (primary N) is 1. The molecule has 1 aliphatic carbocycles. The van der Waals surface area contributed by atoms with Crippen molar-refractivity contribution in [3.63, 3.8) is 0 Å². The van der Waals surface area contributed by atoms with Crippen LogP contribution in [0.15, 0.2) is 24.8 Å². The molecule has 2 aliphatic rings. The molecule has 33 heavy (non-hydrogen) atoms. The maximum atomic E-state index is 13.1. The SMILES string of the molecule is [2H]C([2H])([2H])C([2H])([2H])C1CN(C(=O)C2(C#N)CC2)C[C@H]1Nc1c(C(N)=O)cnn2cc(-c3cnn(C)c3)nc12. The van der Waals surface area contributed by atoms with Gasteiger partial charge in [0.15, 0.2) is 5.65 Å². The number of nitrogens with zero attached hydrogens (tertiary/aromatic N) is 7. The monoisotopic (exact) mass is 452 g/mol. The number of imidazole rings is 1. The molecule has 0 spiro atoms. The van der Waals surface area contributed by atoms with Crippen molar-refractivity contribution >= 4 is 23.1 Å². The number of carbonyl (C=O) groups is 2. The number of rotatable bonds is 6. The van der Waals surface area contributed by atoms with E-state index in [0.717, 1.165) is 0 Å². The second-order valence-electron chi connectivity index (χ2n) is 8.50. The molecule has 11 heteroatoms. The number of anilines is 1. The van der Waals surface area contributed by atoms with Crippen molar-refractivity contribution in [3.8, 4) is 17.3 Å². The van der Waals surface area contributed by atoms with E-state index >= 15 is 0 Å². The van der Waals surface area contributed by atoms with Gasteiger partial charge in [0.05, 0.1) is 41.6 Å².